The maximum Gasteiger partial charge on any atom is 0.239 e. The molecule has 0 aromatic rings. The lowest BCUT2D eigenvalue weighted by molar-refractivity contribution is -0.131. The molecule has 2 N–H and O–H groups in total. The summed E-state index contributed by atoms with van der Waals surface area (Å²) in [5.41, 5.74) is 5.54. The molecule has 2 saturated heterocycles. The van der Waals surface area contributed by atoms with Crippen molar-refractivity contribution in [3.63, 3.8) is 0 Å². The van der Waals surface area contributed by atoms with Crippen molar-refractivity contribution in [1.29, 1.82) is 0 Å². The Bertz CT molecular complexity index is 206. The van der Waals surface area contributed by atoms with Crippen LogP contribution in [0.1, 0.15) is 6.92 Å². The fourth-order valence-electron chi connectivity index (χ4n) is 2.16. The van der Waals surface area contributed by atoms with E-state index in [9.17, 15) is 4.79 Å². The van der Waals surface area contributed by atoms with Crippen LogP contribution >= 0.6 is 0 Å². The number of nitrogens with zero attached hydrogens (tertiary/aromatic N) is 1. The molecule has 0 spiro atoms. The average Bonchev–Trinajstić information content (AvgIpc) is 2.59. The highest BCUT2D eigenvalue weighted by Crippen LogP contribution is 2.29. The number of hydrogen-bond acceptors (Lipinski definition) is 3. The van der Waals surface area contributed by atoms with Crippen molar-refractivity contribution >= 4 is 5.91 Å². The Morgan fingerprint density at radius 2 is 2.00 bits per heavy atom. The lowest BCUT2D eigenvalue weighted by Gasteiger charge is -2.19. The summed E-state index contributed by atoms with van der Waals surface area (Å²) >= 11 is 0. The number of fused-ring (bicyclic) bond motifs is 1. The van der Waals surface area contributed by atoms with Gasteiger partial charge in [-0.25, -0.2) is 0 Å². The second-order valence-electron chi connectivity index (χ2n) is 4.09. The third kappa shape index (κ3) is 1.56. The number of amides is 1. The third-order valence-corrected chi connectivity index (χ3v) is 2.94. The van der Waals surface area contributed by atoms with E-state index in [4.69, 9.17) is 10.5 Å². The van der Waals surface area contributed by atoms with Crippen LogP contribution in [-0.2, 0) is 9.53 Å². The van der Waals surface area contributed by atoms with Crippen molar-refractivity contribution in [2.75, 3.05) is 26.3 Å². The van der Waals surface area contributed by atoms with Crippen molar-refractivity contribution < 1.29 is 9.53 Å². The Hall–Kier alpha value is -0.610. The molecule has 0 aliphatic carbocycles. The Kier molecular flexibility index (Phi) is 2.26. The smallest absolute Gasteiger partial charge is 0.239 e. The monoisotopic (exact) mass is 184 g/mol. The Morgan fingerprint density at radius 1 is 1.46 bits per heavy atom. The highest BCUT2D eigenvalue weighted by Gasteiger charge is 2.39. The van der Waals surface area contributed by atoms with Gasteiger partial charge in [-0.15, -0.1) is 0 Å². The Labute approximate surface area is 78.0 Å². The summed E-state index contributed by atoms with van der Waals surface area (Å²) in [6.45, 7) is 5.05. The zero-order valence-corrected chi connectivity index (χ0v) is 7.90. The van der Waals surface area contributed by atoms with Crippen LogP contribution in [0.15, 0.2) is 0 Å². The molecule has 0 bridgehead atoms. The summed E-state index contributed by atoms with van der Waals surface area (Å²) in [5.74, 6) is 1.19. The largest absolute Gasteiger partial charge is 0.381 e. The van der Waals surface area contributed by atoms with Crippen LogP contribution in [0, 0.1) is 11.8 Å². The van der Waals surface area contributed by atoms with E-state index in [0.717, 1.165) is 26.3 Å². The summed E-state index contributed by atoms with van der Waals surface area (Å²) in [7, 11) is 0. The van der Waals surface area contributed by atoms with E-state index >= 15 is 0 Å². The highest BCUT2D eigenvalue weighted by molar-refractivity contribution is 5.81. The predicted octanol–water partition coefficient (Wildman–Crippen LogP) is -0.562. The van der Waals surface area contributed by atoms with E-state index in [1.807, 2.05) is 4.90 Å². The molecule has 4 nitrogen and oxygen atoms in total. The van der Waals surface area contributed by atoms with E-state index in [0.29, 0.717) is 11.8 Å². The molecule has 2 aliphatic heterocycles. The van der Waals surface area contributed by atoms with E-state index < -0.39 is 0 Å². The normalized spacial score (nSPS) is 34.8. The van der Waals surface area contributed by atoms with Crippen LogP contribution in [0.3, 0.4) is 0 Å². The number of rotatable bonds is 1. The molecule has 3 atom stereocenters. The van der Waals surface area contributed by atoms with E-state index in [-0.39, 0.29) is 11.9 Å². The zero-order valence-electron chi connectivity index (χ0n) is 7.90. The van der Waals surface area contributed by atoms with Crippen molar-refractivity contribution in [1.82, 2.24) is 4.90 Å². The second-order valence-corrected chi connectivity index (χ2v) is 4.09. The van der Waals surface area contributed by atoms with Gasteiger partial charge in [0.15, 0.2) is 0 Å². The van der Waals surface area contributed by atoms with Gasteiger partial charge in [0.1, 0.15) is 0 Å². The number of ether oxygens (including phenoxy) is 1. The first-order chi connectivity index (χ1) is 6.18. The van der Waals surface area contributed by atoms with Crippen LogP contribution in [0.4, 0.5) is 0 Å². The van der Waals surface area contributed by atoms with Gasteiger partial charge in [0.25, 0.3) is 0 Å². The van der Waals surface area contributed by atoms with Crippen molar-refractivity contribution in [3.8, 4) is 0 Å². The van der Waals surface area contributed by atoms with Crippen LogP contribution in [0.25, 0.3) is 0 Å². The molecule has 0 aromatic heterocycles. The van der Waals surface area contributed by atoms with Crippen LogP contribution in [-0.4, -0.2) is 43.2 Å². The SMILES string of the molecule is C[C@H](N)C(=O)N1C[C@@H]2COC[C@H]2C1. The van der Waals surface area contributed by atoms with E-state index in [2.05, 4.69) is 0 Å². The van der Waals surface area contributed by atoms with E-state index in [1.165, 1.54) is 0 Å². The minimum Gasteiger partial charge on any atom is -0.381 e. The summed E-state index contributed by atoms with van der Waals surface area (Å²) in [6.07, 6.45) is 0. The van der Waals surface area contributed by atoms with Gasteiger partial charge in [0, 0.05) is 24.9 Å². The van der Waals surface area contributed by atoms with Gasteiger partial charge >= 0.3 is 0 Å². The first kappa shape index (κ1) is 8.97. The van der Waals surface area contributed by atoms with Gasteiger partial charge in [-0.05, 0) is 6.92 Å². The first-order valence-corrected chi connectivity index (χ1v) is 4.80. The summed E-state index contributed by atoms with van der Waals surface area (Å²) < 4.78 is 5.33. The molecule has 4 heteroatoms. The fraction of sp³-hybridized carbons (Fsp3) is 0.889. The molecular formula is C9H16N2O2. The lowest BCUT2D eigenvalue weighted by atomic mass is 10.0. The zero-order chi connectivity index (χ0) is 9.42. The van der Waals surface area contributed by atoms with Crippen molar-refractivity contribution in [2.24, 2.45) is 17.6 Å². The molecule has 13 heavy (non-hydrogen) atoms. The highest BCUT2D eigenvalue weighted by atomic mass is 16.5. The van der Waals surface area contributed by atoms with Crippen molar-refractivity contribution in [3.05, 3.63) is 0 Å². The van der Waals surface area contributed by atoms with Crippen molar-refractivity contribution in [2.45, 2.75) is 13.0 Å². The Morgan fingerprint density at radius 3 is 2.46 bits per heavy atom. The number of hydrogen-bond donors (Lipinski definition) is 1. The Balaban J connectivity index is 1.95. The van der Waals surface area contributed by atoms with Gasteiger partial charge < -0.3 is 15.4 Å². The van der Waals surface area contributed by atoms with Crippen LogP contribution < -0.4 is 5.73 Å². The third-order valence-electron chi connectivity index (χ3n) is 2.94. The van der Waals surface area contributed by atoms with Gasteiger partial charge in [-0.3, -0.25) is 4.79 Å². The molecule has 0 aromatic carbocycles. The maximum absolute atomic E-state index is 11.5. The van der Waals surface area contributed by atoms with Gasteiger partial charge in [-0.2, -0.15) is 0 Å². The summed E-state index contributed by atoms with van der Waals surface area (Å²) in [5, 5.41) is 0. The molecule has 1 amide bonds. The molecular weight excluding hydrogens is 168 g/mol. The molecule has 0 unspecified atom stereocenters. The lowest BCUT2D eigenvalue weighted by Crippen LogP contribution is -2.41. The number of nitrogens with two attached hydrogens (primary N) is 1. The quantitative estimate of drug-likeness (QED) is 0.594. The number of carbonyl (C=O) groups excluding carboxylic acids is 1. The molecule has 0 saturated carbocycles. The topological polar surface area (TPSA) is 55.6 Å². The summed E-state index contributed by atoms with van der Waals surface area (Å²) in [4.78, 5) is 13.4. The van der Waals surface area contributed by atoms with Gasteiger partial charge in [0.2, 0.25) is 5.91 Å². The summed E-state index contributed by atoms with van der Waals surface area (Å²) in [6, 6.07) is -0.361. The molecule has 74 valence electrons. The van der Waals surface area contributed by atoms with Gasteiger partial charge in [0.05, 0.1) is 19.3 Å². The standard InChI is InChI=1S/C9H16N2O2/c1-6(10)9(12)11-2-7-4-13-5-8(7)3-11/h6-8H,2-5,10H2,1H3/t6-,7+,8+/m0/s1. The molecule has 0 radical (unpaired) electrons. The number of likely N-dealkylation sites (tertiary alicyclic amines) is 1. The minimum absolute atomic E-state index is 0.0781. The second kappa shape index (κ2) is 3.27. The minimum atomic E-state index is -0.361. The molecule has 2 heterocycles. The average molecular weight is 184 g/mol. The first-order valence-electron chi connectivity index (χ1n) is 4.80. The van der Waals surface area contributed by atoms with Crippen LogP contribution in [0.5, 0.6) is 0 Å². The molecule has 2 aliphatic rings. The molecule has 2 rings (SSSR count). The predicted molar refractivity (Wildman–Crippen MR) is 48.0 cm³/mol. The van der Waals surface area contributed by atoms with Crippen LogP contribution in [0.2, 0.25) is 0 Å². The number of carbonyl (C=O) groups is 1. The molecule has 2 fully saturated rings. The van der Waals surface area contributed by atoms with E-state index in [1.54, 1.807) is 6.92 Å². The fourth-order valence-corrected chi connectivity index (χ4v) is 2.16. The maximum atomic E-state index is 11.5. The van der Waals surface area contributed by atoms with Gasteiger partial charge in [-0.1, -0.05) is 0 Å².